The first kappa shape index (κ1) is 19.4. The number of carbonyl (C=O) groups excluding carboxylic acids is 2. The molecule has 29 heavy (non-hydrogen) atoms. The Morgan fingerprint density at radius 1 is 1.21 bits per heavy atom. The molecule has 0 saturated carbocycles. The molecule has 1 aromatic carbocycles. The topological polar surface area (TPSA) is 83.6 Å². The lowest BCUT2D eigenvalue weighted by Gasteiger charge is -2.27. The molecule has 0 spiro atoms. The fourth-order valence-corrected chi connectivity index (χ4v) is 3.74. The number of ether oxygens (including phenoxy) is 1. The molecule has 2 amide bonds. The highest BCUT2D eigenvalue weighted by molar-refractivity contribution is 5.96. The number of carbonyl (C=O) groups is 2. The van der Waals surface area contributed by atoms with Gasteiger partial charge < -0.3 is 20.3 Å². The number of nitrogens with one attached hydrogen (secondary N) is 2. The van der Waals surface area contributed by atoms with Crippen molar-refractivity contribution >= 4 is 23.3 Å². The lowest BCUT2D eigenvalue weighted by atomic mass is 9.89. The summed E-state index contributed by atoms with van der Waals surface area (Å²) in [5.41, 5.74) is 2.97. The number of amides is 2. The van der Waals surface area contributed by atoms with Crippen LogP contribution in [0.4, 0.5) is 11.5 Å². The Labute approximate surface area is 170 Å². The van der Waals surface area contributed by atoms with Crippen LogP contribution in [-0.4, -0.2) is 43.1 Å². The normalized spacial score (nSPS) is 18.7. The van der Waals surface area contributed by atoms with Gasteiger partial charge in [-0.3, -0.25) is 9.59 Å². The number of hydrogen-bond donors (Lipinski definition) is 2. The monoisotopic (exact) mass is 394 g/mol. The fraction of sp³-hybridized carbons (Fsp3) is 0.409. The Morgan fingerprint density at radius 2 is 2.03 bits per heavy atom. The molecule has 2 aliphatic rings. The van der Waals surface area contributed by atoms with Crippen molar-refractivity contribution in [3.8, 4) is 0 Å². The number of para-hydroxylation sites is 1. The third kappa shape index (κ3) is 4.92. The smallest absolute Gasteiger partial charge is 0.227 e. The van der Waals surface area contributed by atoms with Gasteiger partial charge in [-0.05, 0) is 36.1 Å². The van der Waals surface area contributed by atoms with Crippen LogP contribution in [0.25, 0.3) is 0 Å². The van der Waals surface area contributed by atoms with Crippen LogP contribution in [0.15, 0.2) is 42.6 Å². The molecule has 7 heteroatoms. The number of anilines is 2. The first-order valence-corrected chi connectivity index (χ1v) is 10.1. The maximum atomic E-state index is 12.2. The number of morpholine rings is 1. The van der Waals surface area contributed by atoms with E-state index in [9.17, 15) is 9.59 Å². The van der Waals surface area contributed by atoms with Gasteiger partial charge in [0.25, 0.3) is 0 Å². The van der Waals surface area contributed by atoms with Crippen LogP contribution in [0.5, 0.6) is 0 Å². The number of hydrogen-bond acceptors (Lipinski definition) is 5. The summed E-state index contributed by atoms with van der Waals surface area (Å²) >= 11 is 0. The van der Waals surface area contributed by atoms with Gasteiger partial charge in [0.15, 0.2) is 0 Å². The van der Waals surface area contributed by atoms with Crippen LogP contribution in [0.3, 0.4) is 0 Å². The van der Waals surface area contributed by atoms with Crippen LogP contribution in [-0.2, 0) is 27.3 Å². The van der Waals surface area contributed by atoms with Gasteiger partial charge in [-0.1, -0.05) is 24.3 Å². The third-order valence-electron chi connectivity index (χ3n) is 5.47. The molecule has 1 aromatic heterocycles. The molecule has 1 fully saturated rings. The molecule has 7 nitrogen and oxygen atoms in total. The van der Waals surface area contributed by atoms with E-state index in [1.165, 1.54) is 0 Å². The van der Waals surface area contributed by atoms with Crippen LogP contribution in [0.2, 0.25) is 0 Å². The Bertz CT molecular complexity index is 863. The van der Waals surface area contributed by atoms with E-state index in [2.05, 4.69) is 20.5 Å². The molecule has 0 unspecified atom stereocenters. The number of pyridine rings is 1. The van der Waals surface area contributed by atoms with Crippen LogP contribution in [0.1, 0.15) is 24.0 Å². The highest BCUT2D eigenvalue weighted by Crippen LogP contribution is 2.27. The largest absolute Gasteiger partial charge is 0.378 e. The molecule has 4 rings (SSSR count). The molecule has 0 radical (unpaired) electrons. The van der Waals surface area contributed by atoms with Crippen LogP contribution >= 0.6 is 0 Å². The molecule has 2 aromatic rings. The van der Waals surface area contributed by atoms with E-state index in [4.69, 9.17) is 4.74 Å². The first-order valence-electron chi connectivity index (χ1n) is 10.1. The Balaban J connectivity index is 1.22. The predicted molar refractivity (Wildman–Crippen MR) is 111 cm³/mol. The minimum absolute atomic E-state index is 0.000554. The first-order chi connectivity index (χ1) is 14.2. The summed E-state index contributed by atoms with van der Waals surface area (Å²) < 4.78 is 5.36. The minimum atomic E-state index is -0.162. The van der Waals surface area contributed by atoms with Gasteiger partial charge in [-0.15, -0.1) is 0 Å². The Morgan fingerprint density at radius 3 is 2.83 bits per heavy atom. The van der Waals surface area contributed by atoms with Gasteiger partial charge in [0.1, 0.15) is 5.82 Å². The zero-order valence-electron chi connectivity index (χ0n) is 16.4. The number of rotatable bonds is 6. The van der Waals surface area contributed by atoms with Crippen LogP contribution in [0, 0.1) is 5.92 Å². The second-order valence-electron chi connectivity index (χ2n) is 7.49. The standard InChI is InChI=1S/C22H26N4O3/c27-21(8-6-18-13-17-3-1-2-4-19(17)25-22(18)28)24-15-16-5-7-20(23-14-16)26-9-11-29-12-10-26/h1-5,7,14,18H,6,8-13,15H2,(H,24,27)(H,25,28)/t18-/m0/s1. The predicted octanol–water partition coefficient (Wildman–Crippen LogP) is 2.13. The summed E-state index contributed by atoms with van der Waals surface area (Å²) in [7, 11) is 0. The minimum Gasteiger partial charge on any atom is -0.378 e. The van der Waals surface area contributed by atoms with Gasteiger partial charge >= 0.3 is 0 Å². The summed E-state index contributed by atoms with van der Waals surface area (Å²) in [5.74, 6) is 0.727. The van der Waals surface area contributed by atoms with Crippen molar-refractivity contribution in [2.45, 2.75) is 25.8 Å². The summed E-state index contributed by atoms with van der Waals surface area (Å²) in [6, 6.07) is 11.8. The highest BCUT2D eigenvalue weighted by atomic mass is 16.5. The summed E-state index contributed by atoms with van der Waals surface area (Å²) in [6.07, 6.45) is 3.36. The maximum Gasteiger partial charge on any atom is 0.227 e. The van der Waals surface area contributed by atoms with Crippen molar-refractivity contribution < 1.29 is 14.3 Å². The number of nitrogens with zero attached hydrogens (tertiary/aromatic N) is 2. The lowest BCUT2D eigenvalue weighted by Crippen LogP contribution is -2.36. The van der Waals surface area contributed by atoms with E-state index in [0.717, 1.165) is 48.9 Å². The van der Waals surface area contributed by atoms with Crippen LogP contribution < -0.4 is 15.5 Å². The number of fused-ring (bicyclic) bond motifs is 1. The SMILES string of the molecule is O=C(CC[C@H]1Cc2ccccc2NC1=O)NCc1ccc(N2CCOCC2)nc1. The molecule has 2 aliphatic heterocycles. The Hall–Kier alpha value is -2.93. The van der Waals surface area contributed by atoms with E-state index >= 15 is 0 Å². The summed E-state index contributed by atoms with van der Waals surface area (Å²) in [6.45, 7) is 3.59. The van der Waals surface area contributed by atoms with Gasteiger partial charge in [0.05, 0.1) is 13.2 Å². The van der Waals surface area contributed by atoms with Crippen molar-refractivity contribution in [3.05, 3.63) is 53.7 Å². The quantitative estimate of drug-likeness (QED) is 0.784. The zero-order valence-corrected chi connectivity index (χ0v) is 16.4. The molecule has 152 valence electrons. The average Bonchev–Trinajstić information content (AvgIpc) is 2.77. The summed E-state index contributed by atoms with van der Waals surface area (Å²) in [5, 5.41) is 5.86. The van der Waals surface area contributed by atoms with Gasteiger partial charge in [0, 0.05) is 43.9 Å². The van der Waals surface area contributed by atoms with E-state index in [0.29, 0.717) is 25.8 Å². The molecular weight excluding hydrogens is 368 g/mol. The van der Waals surface area contributed by atoms with Crippen molar-refractivity contribution in [2.75, 3.05) is 36.5 Å². The third-order valence-corrected chi connectivity index (χ3v) is 5.47. The second kappa shape index (κ2) is 9.05. The Kier molecular flexibility index (Phi) is 6.05. The van der Waals surface area contributed by atoms with Crippen molar-refractivity contribution in [1.29, 1.82) is 0 Å². The molecule has 3 heterocycles. The lowest BCUT2D eigenvalue weighted by molar-refractivity contribution is -0.122. The van der Waals surface area contributed by atoms with Crippen molar-refractivity contribution in [3.63, 3.8) is 0 Å². The average molecular weight is 394 g/mol. The molecule has 2 N–H and O–H groups in total. The van der Waals surface area contributed by atoms with Gasteiger partial charge in [0.2, 0.25) is 11.8 Å². The molecule has 0 aliphatic carbocycles. The molecule has 1 saturated heterocycles. The summed E-state index contributed by atoms with van der Waals surface area (Å²) in [4.78, 5) is 31.2. The molecule has 1 atom stereocenters. The molecule has 0 bridgehead atoms. The van der Waals surface area contributed by atoms with Crippen molar-refractivity contribution in [2.24, 2.45) is 5.92 Å². The van der Waals surface area contributed by atoms with E-state index < -0.39 is 0 Å². The number of benzene rings is 1. The van der Waals surface area contributed by atoms with Gasteiger partial charge in [-0.2, -0.15) is 0 Å². The van der Waals surface area contributed by atoms with Gasteiger partial charge in [-0.25, -0.2) is 4.98 Å². The second-order valence-corrected chi connectivity index (χ2v) is 7.49. The van der Waals surface area contributed by atoms with E-state index in [-0.39, 0.29) is 17.7 Å². The van der Waals surface area contributed by atoms with E-state index in [1.54, 1.807) is 6.20 Å². The molecular formula is C22H26N4O3. The van der Waals surface area contributed by atoms with Crippen molar-refractivity contribution in [1.82, 2.24) is 10.3 Å². The number of aromatic nitrogens is 1. The maximum absolute atomic E-state index is 12.2. The fourth-order valence-electron chi connectivity index (χ4n) is 3.74. The zero-order chi connectivity index (χ0) is 20.1. The van der Waals surface area contributed by atoms with E-state index in [1.807, 2.05) is 36.4 Å². The highest BCUT2D eigenvalue weighted by Gasteiger charge is 2.26.